The molecule has 6 heteroatoms. The van der Waals surface area contributed by atoms with E-state index in [4.69, 9.17) is 5.11 Å². The molecule has 0 fully saturated rings. The smallest absolute Gasteiger partial charge is 0.316 e. The molecule has 19 heavy (non-hydrogen) atoms. The topological polar surface area (TPSA) is 68.0 Å². The highest BCUT2D eigenvalue weighted by molar-refractivity contribution is 8.00. The van der Waals surface area contributed by atoms with E-state index in [0.717, 1.165) is 11.4 Å². The van der Waals surface area contributed by atoms with E-state index in [2.05, 4.69) is 10.2 Å². The number of aromatic nitrogens is 3. The lowest BCUT2D eigenvalue weighted by Crippen LogP contribution is -2.12. The molecule has 2 aromatic rings. The third-order valence-electron chi connectivity index (χ3n) is 2.77. The van der Waals surface area contributed by atoms with Crippen LogP contribution in [0.25, 0.3) is 11.4 Å². The van der Waals surface area contributed by atoms with Gasteiger partial charge in [0.2, 0.25) is 0 Å². The lowest BCUT2D eigenvalue weighted by molar-refractivity contribution is -0.136. The van der Waals surface area contributed by atoms with Crippen LogP contribution in [0.5, 0.6) is 0 Å². The predicted molar refractivity (Wildman–Crippen MR) is 74.1 cm³/mol. The molecule has 0 spiro atoms. The Morgan fingerprint density at radius 1 is 1.32 bits per heavy atom. The number of nitrogens with zero attached hydrogens (tertiary/aromatic N) is 3. The quantitative estimate of drug-likeness (QED) is 0.869. The third kappa shape index (κ3) is 2.96. The predicted octanol–water partition coefficient (Wildman–Crippen LogP) is 2.36. The van der Waals surface area contributed by atoms with Gasteiger partial charge in [0, 0.05) is 12.6 Å². The van der Waals surface area contributed by atoms with Crippen molar-refractivity contribution in [1.82, 2.24) is 14.8 Å². The first-order valence-electron chi connectivity index (χ1n) is 5.85. The standard InChI is InChI=1S/C13H15N3O2S/c1-8-4-6-10(7-5-8)11-14-15-13(16(11)3)19-9(2)12(17)18/h4-7,9H,1-3H3,(H,17,18)/t9-/m0/s1. The number of aryl methyl sites for hydroxylation is 1. The zero-order valence-electron chi connectivity index (χ0n) is 11.0. The highest BCUT2D eigenvalue weighted by atomic mass is 32.2. The molecule has 5 nitrogen and oxygen atoms in total. The van der Waals surface area contributed by atoms with Crippen LogP contribution in [0, 0.1) is 6.92 Å². The molecule has 1 atom stereocenters. The van der Waals surface area contributed by atoms with Crippen LogP contribution in [-0.4, -0.2) is 31.1 Å². The largest absolute Gasteiger partial charge is 0.480 e. The Labute approximate surface area is 115 Å². The molecule has 0 amide bonds. The number of carboxylic acid groups (broad SMARTS) is 1. The number of carbonyl (C=O) groups is 1. The van der Waals surface area contributed by atoms with Gasteiger partial charge in [0.15, 0.2) is 11.0 Å². The lowest BCUT2D eigenvalue weighted by Gasteiger charge is -2.06. The van der Waals surface area contributed by atoms with Crippen molar-refractivity contribution < 1.29 is 9.90 Å². The van der Waals surface area contributed by atoms with E-state index in [-0.39, 0.29) is 0 Å². The molecule has 1 aromatic carbocycles. The van der Waals surface area contributed by atoms with Crippen molar-refractivity contribution >= 4 is 17.7 Å². The summed E-state index contributed by atoms with van der Waals surface area (Å²) >= 11 is 1.19. The summed E-state index contributed by atoms with van der Waals surface area (Å²) in [4.78, 5) is 10.9. The molecule has 1 heterocycles. The second-order valence-corrected chi connectivity index (χ2v) is 5.64. The first-order valence-corrected chi connectivity index (χ1v) is 6.73. The van der Waals surface area contributed by atoms with Crippen LogP contribution < -0.4 is 0 Å². The maximum absolute atomic E-state index is 10.9. The molecule has 0 aliphatic carbocycles. The molecule has 100 valence electrons. The first-order chi connectivity index (χ1) is 8.99. The number of aliphatic carboxylic acids is 1. The molecule has 2 rings (SSSR count). The Kier molecular flexibility index (Phi) is 3.90. The Bertz CT molecular complexity index is 592. The molecule has 0 unspecified atom stereocenters. The van der Waals surface area contributed by atoms with Gasteiger partial charge < -0.3 is 9.67 Å². The van der Waals surface area contributed by atoms with Crippen molar-refractivity contribution in [3.8, 4) is 11.4 Å². The normalized spacial score (nSPS) is 12.4. The number of benzene rings is 1. The maximum Gasteiger partial charge on any atom is 0.316 e. The van der Waals surface area contributed by atoms with Crippen molar-refractivity contribution in [2.45, 2.75) is 24.3 Å². The van der Waals surface area contributed by atoms with Gasteiger partial charge >= 0.3 is 5.97 Å². The second-order valence-electron chi connectivity index (χ2n) is 4.33. The average molecular weight is 277 g/mol. The Morgan fingerprint density at radius 3 is 2.53 bits per heavy atom. The van der Waals surface area contributed by atoms with Crippen molar-refractivity contribution in [1.29, 1.82) is 0 Å². The molecular weight excluding hydrogens is 262 g/mol. The van der Waals surface area contributed by atoms with E-state index in [1.54, 1.807) is 6.92 Å². The van der Waals surface area contributed by atoms with Crippen LogP contribution in [0.15, 0.2) is 29.4 Å². The number of rotatable bonds is 4. The van der Waals surface area contributed by atoms with Crippen LogP contribution in [0.2, 0.25) is 0 Å². The van der Waals surface area contributed by atoms with Crippen LogP contribution in [0.3, 0.4) is 0 Å². The summed E-state index contributed by atoms with van der Waals surface area (Å²) in [6, 6.07) is 7.98. The van der Waals surface area contributed by atoms with Gasteiger partial charge in [-0.25, -0.2) is 0 Å². The molecule has 0 bridgehead atoms. The van der Waals surface area contributed by atoms with Gasteiger partial charge in [0.1, 0.15) is 5.25 Å². The SMILES string of the molecule is Cc1ccc(-c2nnc(S[C@@H](C)C(=O)O)n2C)cc1. The van der Waals surface area contributed by atoms with E-state index < -0.39 is 11.2 Å². The van der Waals surface area contributed by atoms with Crippen molar-refractivity contribution in [2.24, 2.45) is 7.05 Å². The van der Waals surface area contributed by atoms with E-state index in [1.165, 1.54) is 17.3 Å². The summed E-state index contributed by atoms with van der Waals surface area (Å²) in [5, 5.41) is 17.1. The van der Waals surface area contributed by atoms with Gasteiger partial charge in [-0.1, -0.05) is 41.6 Å². The lowest BCUT2D eigenvalue weighted by atomic mass is 10.1. The van der Waals surface area contributed by atoms with E-state index >= 15 is 0 Å². The number of thioether (sulfide) groups is 1. The summed E-state index contributed by atoms with van der Waals surface area (Å²) in [6.07, 6.45) is 0. The van der Waals surface area contributed by atoms with Crippen molar-refractivity contribution in [3.63, 3.8) is 0 Å². The summed E-state index contributed by atoms with van der Waals surface area (Å²) in [5.41, 5.74) is 2.15. The molecule has 0 aliphatic heterocycles. The highest BCUT2D eigenvalue weighted by Crippen LogP contribution is 2.25. The minimum Gasteiger partial charge on any atom is -0.480 e. The molecule has 1 N–H and O–H groups in total. The molecule has 1 aromatic heterocycles. The Morgan fingerprint density at radius 2 is 1.95 bits per heavy atom. The minimum absolute atomic E-state index is 0.547. The Hall–Kier alpha value is -1.82. The minimum atomic E-state index is -0.857. The first kappa shape index (κ1) is 13.6. The molecular formula is C13H15N3O2S. The molecule has 0 radical (unpaired) electrons. The van der Waals surface area contributed by atoms with Gasteiger partial charge in [-0.15, -0.1) is 10.2 Å². The van der Waals surface area contributed by atoms with Gasteiger partial charge in [-0.3, -0.25) is 4.79 Å². The van der Waals surface area contributed by atoms with Crippen molar-refractivity contribution in [3.05, 3.63) is 29.8 Å². The van der Waals surface area contributed by atoms with E-state index in [1.807, 2.05) is 42.8 Å². The summed E-state index contributed by atoms with van der Waals surface area (Å²) in [5.74, 6) is -0.120. The molecule has 0 saturated heterocycles. The van der Waals surface area contributed by atoms with Gasteiger partial charge in [-0.2, -0.15) is 0 Å². The molecule has 0 aliphatic rings. The van der Waals surface area contributed by atoms with Gasteiger partial charge in [0.05, 0.1) is 0 Å². The monoisotopic (exact) mass is 277 g/mol. The second kappa shape index (κ2) is 5.44. The van der Waals surface area contributed by atoms with Crippen molar-refractivity contribution in [2.75, 3.05) is 0 Å². The van der Waals surface area contributed by atoms with Crippen LogP contribution in [0.1, 0.15) is 12.5 Å². The molecule has 0 saturated carbocycles. The highest BCUT2D eigenvalue weighted by Gasteiger charge is 2.18. The Balaban J connectivity index is 2.27. The number of carboxylic acids is 1. The summed E-state index contributed by atoms with van der Waals surface area (Å²) < 4.78 is 1.81. The van der Waals surface area contributed by atoms with Gasteiger partial charge in [0.25, 0.3) is 0 Å². The van der Waals surface area contributed by atoms with Crippen LogP contribution in [0.4, 0.5) is 0 Å². The number of hydrogen-bond donors (Lipinski definition) is 1. The van der Waals surface area contributed by atoms with Crippen LogP contribution in [-0.2, 0) is 11.8 Å². The summed E-state index contributed by atoms with van der Waals surface area (Å²) in [7, 11) is 1.84. The van der Waals surface area contributed by atoms with Crippen LogP contribution >= 0.6 is 11.8 Å². The zero-order chi connectivity index (χ0) is 14.0. The maximum atomic E-state index is 10.9. The average Bonchev–Trinajstić information content (AvgIpc) is 2.72. The fourth-order valence-electron chi connectivity index (χ4n) is 1.58. The van der Waals surface area contributed by atoms with Gasteiger partial charge in [-0.05, 0) is 13.8 Å². The third-order valence-corrected chi connectivity index (χ3v) is 3.90. The number of hydrogen-bond acceptors (Lipinski definition) is 4. The fraction of sp³-hybridized carbons (Fsp3) is 0.308. The summed E-state index contributed by atoms with van der Waals surface area (Å²) in [6.45, 7) is 3.66. The zero-order valence-corrected chi connectivity index (χ0v) is 11.8. The van der Waals surface area contributed by atoms with E-state index in [9.17, 15) is 4.79 Å². The fourth-order valence-corrected chi connectivity index (χ4v) is 2.33. The van der Waals surface area contributed by atoms with E-state index in [0.29, 0.717) is 5.16 Å².